The summed E-state index contributed by atoms with van der Waals surface area (Å²) in [5.74, 6) is -0.711. The number of carbonyl (C=O) groups excluding carboxylic acids is 2. The van der Waals surface area contributed by atoms with Gasteiger partial charge in [-0.1, -0.05) is 17.8 Å². The highest BCUT2D eigenvalue weighted by Gasteiger charge is 2.41. The summed E-state index contributed by atoms with van der Waals surface area (Å²) >= 11 is 3.00. The second-order valence-corrected chi connectivity index (χ2v) is 7.20. The average Bonchev–Trinajstić information content (AvgIpc) is 3.23. The van der Waals surface area contributed by atoms with E-state index in [4.69, 9.17) is 9.47 Å². The summed E-state index contributed by atoms with van der Waals surface area (Å²) < 4.78 is 10.1. The fourth-order valence-corrected chi connectivity index (χ4v) is 4.60. The third-order valence-corrected chi connectivity index (χ3v) is 5.66. The molecule has 3 rings (SSSR count). The fraction of sp³-hybridized carbons (Fsp3) is 0.353. The summed E-state index contributed by atoms with van der Waals surface area (Å²) in [5.41, 5.74) is 1.90. The Kier molecular flexibility index (Phi) is 5.29. The van der Waals surface area contributed by atoms with Crippen LogP contribution in [0.5, 0.6) is 0 Å². The van der Waals surface area contributed by atoms with Crippen LogP contribution in [-0.2, 0) is 19.1 Å². The number of aliphatic imine (C=N–C) groups is 1. The summed E-state index contributed by atoms with van der Waals surface area (Å²) in [5, 5.41) is 4.61. The first-order valence-corrected chi connectivity index (χ1v) is 9.54. The van der Waals surface area contributed by atoms with Crippen molar-refractivity contribution in [1.82, 2.24) is 4.90 Å². The predicted molar refractivity (Wildman–Crippen MR) is 98.0 cm³/mol. The molecule has 1 unspecified atom stereocenters. The van der Waals surface area contributed by atoms with E-state index in [0.717, 1.165) is 15.7 Å². The Bertz CT molecular complexity index is 781. The van der Waals surface area contributed by atoms with Gasteiger partial charge in [0.05, 0.1) is 31.4 Å². The molecule has 0 aliphatic carbocycles. The molecule has 0 saturated heterocycles. The summed E-state index contributed by atoms with van der Waals surface area (Å²) in [7, 11) is 1.36. The van der Waals surface area contributed by atoms with Gasteiger partial charge >= 0.3 is 11.9 Å². The van der Waals surface area contributed by atoms with Crippen LogP contribution in [0.2, 0.25) is 0 Å². The molecule has 1 aromatic rings. The number of hydrogen-bond donors (Lipinski definition) is 0. The molecule has 0 bridgehead atoms. The van der Waals surface area contributed by atoms with Crippen molar-refractivity contribution >= 4 is 40.2 Å². The van der Waals surface area contributed by atoms with E-state index < -0.39 is 5.97 Å². The maximum Gasteiger partial charge on any atom is 0.338 e. The molecular weight excluding hydrogens is 360 g/mol. The number of methoxy groups -OCH3 is 1. The van der Waals surface area contributed by atoms with Gasteiger partial charge in [-0.3, -0.25) is 4.79 Å². The maximum atomic E-state index is 12.4. The molecule has 8 heteroatoms. The highest BCUT2D eigenvalue weighted by Crippen LogP contribution is 2.45. The zero-order valence-electron chi connectivity index (χ0n) is 14.1. The largest absolute Gasteiger partial charge is 0.466 e. The Hall–Kier alpha value is -2.06. The minimum absolute atomic E-state index is 0.134. The van der Waals surface area contributed by atoms with Crippen LogP contribution in [0.25, 0.3) is 0 Å². The van der Waals surface area contributed by atoms with Crippen molar-refractivity contribution in [1.29, 1.82) is 0 Å². The number of nitrogens with zero attached hydrogens (tertiary/aromatic N) is 2. The number of esters is 2. The standard InChI is InChI=1S/C17H18N2O4S2/c1-4-23-13(20)8-11-9-25-17-18-10(2)14(16(21)22-3)15(19(11)17)12-6-5-7-24-12/h5-7,9,15H,4,8H2,1-3H3. The number of carbonyl (C=O) groups is 2. The van der Waals surface area contributed by atoms with Gasteiger partial charge in [0, 0.05) is 10.6 Å². The second-order valence-electron chi connectivity index (χ2n) is 5.38. The summed E-state index contributed by atoms with van der Waals surface area (Å²) in [6.07, 6.45) is 0.134. The normalized spacial score (nSPS) is 19.3. The number of allylic oxidation sites excluding steroid dienone is 1. The summed E-state index contributed by atoms with van der Waals surface area (Å²) in [6, 6.07) is 3.56. The Morgan fingerprint density at radius 1 is 1.40 bits per heavy atom. The van der Waals surface area contributed by atoms with Gasteiger partial charge in [0.25, 0.3) is 0 Å². The average molecular weight is 378 g/mol. The molecule has 132 valence electrons. The van der Waals surface area contributed by atoms with Crippen molar-refractivity contribution in [3.05, 3.63) is 44.8 Å². The van der Waals surface area contributed by atoms with Gasteiger partial charge in [0.2, 0.25) is 0 Å². The first-order valence-electron chi connectivity index (χ1n) is 7.78. The molecule has 25 heavy (non-hydrogen) atoms. The maximum absolute atomic E-state index is 12.4. The lowest BCUT2D eigenvalue weighted by atomic mass is 9.99. The van der Waals surface area contributed by atoms with Gasteiger partial charge in [0.15, 0.2) is 5.17 Å². The van der Waals surface area contributed by atoms with Gasteiger partial charge in [0.1, 0.15) is 6.04 Å². The van der Waals surface area contributed by atoms with Crippen molar-refractivity contribution in [3.63, 3.8) is 0 Å². The highest BCUT2D eigenvalue weighted by atomic mass is 32.2. The van der Waals surface area contributed by atoms with E-state index in [-0.39, 0.29) is 18.4 Å². The number of fused-ring (bicyclic) bond motifs is 1. The second kappa shape index (κ2) is 7.45. The Labute approximate surface area is 154 Å². The molecule has 3 heterocycles. The van der Waals surface area contributed by atoms with Crippen molar-refractivity contribution in [2.24, 2.45) is 4.99 Å². The number of thioether (sulfide) groups is 1. The molecule has 0 aromatic carbocycles. The molecule has 0 radical (unpaired) electrons. The Morgan fingerprint density at radius 3 is 2.84 bits per heavy atom. The first-order chi connectivity index (χ1) is 12.1. The number of hydrogen-bond acceptors (Lipinski definition) is 8. The lowest BCUT2D eigenvalue weighted by Gasteiger charge is -2.35. The summed E-state index contributed by atoms with van der Waals surface area (Å²) in [4.78, 5) is 31.8. The molecule has 0 fully saturated rings. The number of rotatable bonds is 5. The molecule has 0 saturated carbocycles. The number of amidine groups is 1. The van der Waals surface area contributed by atoms with E-state index in [1.807, 2.05) is 27.8 Å². The van der Waals surface area contributed by atoms with Crippen molar-refractivity contribution in [2.75, 3.05) is 13.7 Å². The molecular formula is C17H18N2O4S2. The molecule has 2 aliphatic rings. The number of thiophene rings is 1. The van der Waals surface area contributed by atoms with Gasteiger partial charge < -0.3 is 14.4 Å². The smallest absolute Gasteiger partial charge is 0.338 e. The van der Waals surface area contributed by atoms with E-state index in [0.29, 0.717) is 17.9 Å². The minimum atomic E-state index is -0.411. The zero-order chi connectivity index (χ0) is 18.0. The van der Waals surface area contributed by atoms with Gasteiger partial charge in [-0.05, 0) is 30.7 Å². The van der Waals surface area contributed by atoms with Crippen LogP contribution in [0.4, 0.5) is 0 Å². The molecule has 6 nitrogen and oxygen atoms in total. The topological polar surface area (TPSA) is 68.2 Å². The molecule has 2 aliphatic heterocycles. The molecule has 1 atom stereocenters. The van der Waals surface area contributed by atoms with Crippen LogP contribution in [0.3, 0.4) is 0 Å². The quantitative estimate of drug-likeness (QED) is 0.731. The van der Waals surface area contributed by atoms with Crippen LogP contribution >= 0.6 is 23.1 Å². The zero-order valence-corrected chi connectivity index (χ0v) is 15.8. The lowest BCUT2D eigenvalue weighted by Crippen LogP contribution is -2.36. The third-order valence-electron chi connectivity index (χ3n) is 3.85. The lowest BCUT2D eigenvalue weighted by molar-refractivity contribution is -0.142. The molecule has 1 aromatic heterocycles. The van der Waals surface area contributed by atoms with Crippen molar-refractivity contribution in [3.8, 4) is 0 Å². The highest BCUT2D eigenvalue weighted by molar-refractivity contribution is 8.16. The van der Waals surface area contributed by atoms with Crippen molar-refractivity contribution in [2.45, 2.75) is 26.3 Å². The first kappa shape index (κ1) is 17.8. The van der Waals surface area contributed by atoms with Crippen molar-refractivity contribution < 1.29 is 19.1 Å². The Morgan fingerprint density at radius 2 is 2.20 bits per heavy atom. The van der Waals surface area contributed by atoms with Crippen LogP contribution in [0.1, 0.15) is 31.2 Å². The van der Waals surface area contributed by atoms with Gasteiger partial charge in [-0.25, -0.2) is 9.79 Å². The van der Waals surface area contributed by atoms with E-state index in [1.165, 1.54) is 18.9 Å². The fourth-order valence-electron chi connectivity index (χ4n) is 2.82. The van der Waals surface area contributed by atoms with Gasteiger partial charge in [-0.2, -0.15) is 0 Å². The van der Waals surface area contributed by atoms with E-state index >= 15 is 0 Å². The van der Waals surface area contributed by atoms with E-state index in [1.54, 1.807) is 25.2 Å². The third kappa shape index (κ3) is 3.36. The van der Waals surface area contributed by atoms with Crippen LogP contribution < -0.4 is 0 Å². The van der Waals surface area contributed by atoms with E-state index in [9.17, 15) is 9.59 Å². The predicted octanol–water partition coefficient (Wildman–Crippen LogP) is 3.45. The minimum Gasteiger partial charge on any atom is -0.466 e. The Balaban J connectivity index is 2.01. The monoisotopic (exact) mass is 378 g/mol. The summed E-state index contributed by atoms with van der Waals surface area (Å²) in [6.45, 7) is 3.92. The van der Waals surface area contributed by atoms with E-state index in [2.05, 4.69) is 4.99 Å². The number of ether oxygens (including phenoxy) is 2. The molecule has 0 spiro atoms. The van der Waals surface area contributed by atoms with Crippen LogP contribution in [0, 0.1) is 0 Å². The molecule has 0 amide bonds. The SMILES string of the molecule is CCOC(=O)CC1=CSC2=NC(C)=C(C(=O)OC)C(c3cccs3)N12. The van der Waals surface area contributed by atoms with Crippen LogP contribution in [-0.4, -0.2) is 35.7 Å². The van der Waals surface area contributed by atoms with Gasteiger partial charge in [-0.15, -0.1) is 11.3 Å². The van der Waals surface area contributed by atoms with Crippen LogP contribution in [0.15, 0.2) is 44.9 Å². The molecule has 0 N–H and O–H groups in total.